The number of aromatic nitrogens is 2. The van der Waals surface area contributed by atoms with E-state index in [1.54, 1.807) is 14.0 Å². The topological polar surface area (TPSA) is 82.4 Å². The zero-order valence-corrected chi connectivity index (χ0v) is 15.2. The zero-order chi connectivity index (χ0) is 18.3. The molecule has 0 unspecified atom stereocenters. The largest absolute Gasteiger partial charge is 0.486 e. The maximum absolute atomic E-state index is 12.6. The van der Waals surface area contributed by atoms with Crippen LogP contribution in [0.15, 0.2) is 29.3 Å². The number of aryl methyl sites for hydroxylation is 2. The first kappa shape index (κ1) is 16.6. The minimum Gasteiger partial charge on any atom is -0.486 e. The lowest BCUT2D eigenvalue weighted by Crippen LogP contribution is -2.23. The molecule has 0 saturated heterocycles. The van der Waals surface area contributed by atoms with Crippen molar-refractivity contribution in [3.05, 3.63) is 50.9 Å². The molecule has 0 radical (unpaired) electrons. The van der Waals surface area contributed by atoms with Gasteiger partial charge in [0, 0.05) is 13.6 Å². The summed E-state index contributed by atoms with van der Waals surface area (Å²) in [4.78, 5) is 30.2. The quantitative estimate of drug-likeness (QED) is 0.762. The summed E-state index contributed by atoms with van der Waals surface area (Å²) in [6.45, 7) is 3.20. The van der Waals surface area contributed by atoms with Gasteiger partial charge in [-0.1, -0.05) is 6.07 Å². The molecule has 0 spiro atoms. The van der Waals surface area contributed by atoms with Gasteiger partial charge in [0.25, 0.3) is 11.5 Å². The average molecular weight is 371 g/mol. The molecule has 134 valence electrons. The summed E-state index contributed by atoms with van der Waals surface area (Å²) in [5, 5.41) is 3.40. The molecule has 1 amide bonds. The molecule has 8 heteroatoms. The van der Waals surface area contributed by atoms with Crippen LogP contribution in [0, 0.1) is 6.92 Å². The monoisotopic (exact) mass is 371 g/mol. The summed E-state index contributed by atoms with van der Waals surface area (Å²) in [6.07, 6.45) is 1.47. The van der Waals surface area contributed by atoms with Gasteiger partial charge in [-0.05, 0) is 30.2 Å². The van der Waals surface area contributed by atoms with E-state index in [2.05, 4.69) is 10.3 Å². The number of hydrogen-bond acceptors (Lipinski definition) is 6. The number of amides is 1. The van der Waals surface area contributed by atoms with E-state index < -0.39 is 0 Å². The van der Waals surface area contributed by atoms with Crippen molar-refractivity contribution in [2.45, 2.75) is 13.5 Å². The first-order valence-electron chi connectivity index (χ1n) is 8.16. The van der Waals surface area contributed by atoms with Crippen LogP contribution < -0.4 is 20.3 Å². The molecule has 1 N–H and O–H groups in total. The van der Waals surface area contributed by atoms with Crippen LogP contribution in [-0.2, 0) is 13.6 Å². The van der Waals surface area contributed by atoms with Gasteiger partial charge in [-0.3, -0.25) is 9.59 Å². The molecule has 0 aliphatic carbocycles. The van der Waals surface area contributed by atoms with Crippen LogP contribution in [0.3, 0.4) is 0 Å². The third kappa shape index (κ3) is 2.82. The number of benzene rings is 1. The molecule has 2 aromatic heterocycles. The second-order valence-corrected chi connectivity index (χ2v) is 7.06. The van der Waals surface area contributed by atoms with Gasteiger partial charge in [-0.25, -0.2) is 4.98 Å². The summed E-state index contributed by atoms with van der Waals surface area (Å²) >= 11 is 1.23. The lowest BCUT2D eigenvalue weighted by atomic mass is 10.1. The van der Waals surface area contributed by atoms with Crippen LogP contribution in [0.1, 0.15) is 20.8 Å². The molecule has 3 heterocycles. The fourth-order valence-corrected chi connectivity index (χ4v) is 3.94. The summed E-state index contributed by atoms with van der Waals surface area (Å²) < 4.78 is 12.5. The highest BCUT2D eigenvalue weighted by molar-refractivity contribution is 7.20. The number of nitrogens with zero attached hydrogens (tertiary/aromatic N) is 2. The minimum absolute atomic E-state index is 0.144. The Morgan fingerprint density at radius 2 is 2.08 bits per heavy atom. The highest BCUT2D eigenvalue weighted by atomic mass is 32.1. The predicted octanol–water partition coefficient (Wildman–Crippen LogP) is 2.00. The molecule has 0 fully saturated rings. The molecule has 4 rings (SSSR count). The lowest BCUT2D eigenvalue weighted by Gasteiger charge is -2.18. The molecule has 1 aromatic carbocycles. The summed E-state index contributed by atoms with van der Waals surface area (Å²) in [7, 11) is 1.65. The summed E-state index contributed by atoms with van der Waals surface area (Å²) in [6, 6.07) is 5.60. The van der Waals surface area contributed by atoms with E-state index in [1.807, 2.05) is 18.2 Å². The van der Waals surface area contributed by atoms with Crippen molar-refractivity contribution < 1.29 is 14.3 Å². The Kier molecular flexibility index (Phi) is 4.12. The zero-order valence-electron chi connectivity index (χ0n) is 14.4. The van der Waals surface area contributed by atoms with Crippen molar-refractivity contribution in [1.82, 2.24) is 14.9 Å². The number of fused-ring (bicyclic) bond motifs is 2. The Balaban J connectivity index is 1.55. The number of ether oxygens (including phenoxy) is 2. The van der Waals surface area contributed by atoms with Gasteiger partial charge >= 0.3 is 0 Å². The maximum atomic E-state index is 12.6. The van der Waals surface area contributed by atoms with E-state index in [0.717, 1.165) is 5.56 Å². The Hall–Kier alpha value is -2.87. The van der Waals surface area contributed by atoms with Gasteiger partial charge < -0.3 is 19.4 Å². The van der Waals surface area contributed by atoms with E-state index in [9.17, 15) is 9.59 Å². The number of thiophene rings is 1. The van der Waals surface area contributed by atoms with Crippen LogP contribution in [0.25, 0.3) is 10.2 Å². The van der Waals surface area contributed by atoms with Gasteiger partial charge in [0.2, 0.25) is 0 Å². The average Bonchev–Trinajstić information content (AvgIpc) is 3.00. The molecule has 3 aromatic rings. The summed E-state index contributed by atoms with van der Waals surface area (Å²) in [5.41, 5.74) is 1.43. The number of hydrogen-bond donors (Lipinski definition) is 1. The Morgan fingerprint density at radius 1 is 1.31 bits per heavy atom. The predicted molar refractivity (Wildman–Crippen MR) is 98.2 cm³/mol. The lowest BCUT2D eigenvalue weighted by molar-refractivity contribution is 0.0954. The number of nitrogens with one attached hydrogen (secondary N) is 1. The van der Waals surface area contributed by atoms with Gasteiger partial charge in [0.1, 0.15) is 18.0 Å². The van der Waals surface area contributed by atoms with Crippen LogP contribution in [0.4, 0.5) is 0 Å². The minimum atomic E-state index is -0.220. The van der Waals surface area contributed by atoms with Gasteiger partial charge in [-0.2, -0.15) is 0 Å². The van der Waals surface area contributed by atoms with E-state index in [1.165, 1.54) is 22.2 Å². The molecule has 1 aliphatic rings. The van der Waals surface area contributed by atoms with Crippen LogP contribution in [0.2, 0.25) is 0 Å². The van der Waals surface area contributed by atoms with Gasteiger partial charge in [0.05, 0.1) is 16.6 Å². The van der Waals surface area contributed by atoms with Crippen molar-refractivity contribution in [2.24, 2.45) is 7.05 Å². The van der Waals surface area contributed by atoms with E-state index >= 15 is 0 Å². The molecular formula is C18H17N3O4S. The molecule has 0 bridgehead atoms. The fraction of sp³-hybridized carbons (Fsp3) is 0.278. The van der Waals surface area contributed by atoms with Crippen LogP contribution in [-0.4, -0.2) is 28.7 Å². The van der Waals surface area contributed by atoms with Crippen LogP contribution >= 0.6 is 11.3 Å². The molecule has 7 nitrogen and oxygen atoms in total. The fourth-order valence-electron chi connectivity index (χ4n) is 2.89. The molecular weight excluding hydrogens is 354 g/mol. The van der Waals surface area contributed by atoms with Crippen molar-refractivity contribution in [3.63, 3.8) is 0 Å². The SMILES string of the molecule is Cc1c(C(=O)NCc2ccc3c(c2)OCCO3)sc2ncn(C)c(=O)c12. The number of carbonyl (C=O) groups excluding carboxylic acids is 1. The van der Waals surface area contributed by atoms with Crippen molar-refractivity contribution >= 4 is 27.5 Å². The molecule has 0 saturated carbocycles. The van der Waals surface area contributed by atoms with Crippen molar-refractivity contribution in [3.8, 4) is 11.5 Å². The van der Waals surface area contributed by atoms with Gasteiger partial charge in [0.15, 0.2) is 11.5 Å². The molecule has 1 aliphatic heterocycles. The normalized spacial score (nSPS) is 13.0. The standard InChI is InChI=1S/C18H17N3O4S/c1-10-14-17(20-9-21(2)18(14)23)26-15(10)16(22)19-8-11-3-4-12-13(7-11)25-6-5-24-12/h3-4,7,9H,5-6,8H2,1-2H3,(H,19,22). The maximum Gasteiger partial charge on any atom is 0.262 e. The number of rotatable bonds is 3. The van der Waals surface area contributed by atoms with Crippen LogP contribution in [0.5, 0.6) is 11.5 Å². The third-order valence-corrected chi connectivity index (χ3v) is 5.48. The molecule has 26 heavy (non-hydrogen) atoms. The van der Waals surface area contributed by atoms with Crippen molar-refractivity contribution in [1.29, 1.82) is 0 Å². The second-order valence-electron chi connectivity index (χ2n) is 6.06. The third-order valence-electron chi connectivity index (χ3n) is 4.28. The Bertz CT molecular complexity index is 1070. The highest BCUT2D eigenvalue weighted by Crippen LogP contribution is 2.31. The smallest absolute Gasteiger partial charge is 0.262 e. The van der Waals surface area contributed by atoms with E-state index in [0.29, 0.717) is 51.9 Å². The molecule has 0 atom stereocenters. The van der Waals surface area contributed by atoms with E-state index in [4.69, 9.17) is 9.47 Å². The Labute approximate surface area is 153 Å². The van der Waals surface area contributed by atoms with E-state index in [-0.39, 0.29) is 11.5 Å². The highest BCUT2D eigenvalue weighted by Gasteiger charge is 2.19. The van der Waals surface area contributed by atoms with Gasteiger partial charge in [-0.15, -0.1) is 11.3 Å². The second kappa shape index (κ2) is 6.45. The summed E-state index contributed by atoms with van der Waals surface area (Å²) in [5.74, 6) is 1.18. The van der Waals surface area contributed by atoms with Crippen molar-refractivity contribution in [2.75, 3.05) is 13.2 Å². The first-order chi connectivity index (χ1) is 12.5. The Morgan fingerprint density at radius 3 is 2.88 bits per heavy atom. The first-order valence-corrected chi connectivity index (χ1v) is 8.97. The number of carbonyl (C=O) groups is 1.